The molecule has 0 bridgehead atoms. The van der Waals surface area contributed by atoms with E-state index >= 15 is 0 Å². The Morgan fingerprint density at radius 1 is 1.35 bits per heavy atom. The van der Waals surface area contributed by atoms with Gasteiger partial charge in [-0.3, -0.25) is 0 Å². The molecular weight excluding hydrogens is 334 g/mol. The molecule has 1 aromatic carbocycles. The van der Waals surface area contributed by atoms with E-state index < -0.39 is 0 Å². The molecule has 0 saturated carbocycles. The summed E-state index contributed by atoms with van der Waals surface area (Å²) in [6, 6.07) is 8.85. The van der Waals surface area contributed by atoms with Crippen molar-refractivity contribution in [1.82, 2.24) is 5.32 Å². The van der Waals surface area contributed by atoms with E-state index in [0.717, 1.165) is 29.6 Å². The zero-order valence-corrected chi connectivity index (χ0v) is 14.3. The molecule has 1 heterocycles. The standard InChI is InChI=1S/C16H20BrNOS/c1-3-7-18-15(9-12-6-8-20-11-12)13-4-5-16(19-2)14(17)10-13/h4-6,8,10-11,15,18H,3,7,9H2,1-2H3. The molecule has 2 nitrogen and oxygen atoms in total. The molecule has 0 radical (unpaired) electrons. The molecule has 0 amide bonds. The Bertz CT molecular complexity index is 527. The van der Waals surface area contributed by atoms with Crippen molar-refractivity contribution in [2.75, 3.05) is 13.7 Å². The molecule has 0 aliphatic carbocycles. The first kappa shape index (κ1) is 15.5. The lowest BCUT2D eigenvalue weighted by Crippen LogP contribution is -2.24. The molecule has 0 saturated heterocycles. The van der Waals surface area contributed by atoms with Crippen LogP contribution in [-0.4, -0.2) is 13.7 Å². The van der Waals surface area contributed by atoms with Gasteiger partial charge in [-0.15, -0.1) is 0 Å². The van der Waals surface area contributed by atoms with Gasteiger partial charge in [0.05, 0.1) is 11.6 Å². The van der Waals surface area contributed by atoms with Gasteiger partial charge in [-0.2, -0.15) is 11.3 Å². The van der Waals surface area contributed by atoms with E-state index in [2.05, 4.69) is 57.1 Å². The number of methoxy groups -OCH3 is 1. The lowest BCUT2D eigenvalue weighted by molar-refractivity contribution is 0.411. The number of halogens is 1. The summed E-state index contributed by atoms with van der Waals surface area (Å²) in [6.45, 7) is 3.22. The van der Waals surface area contributed by atoms with Gasteiger partial charge >= 0.3 is 0 Å². The van der Waals surface area contributed by atoms with E-state index in [-0.39, 0.29) is 0 Å². The normalized spacial score (nSPS) is 12.3. The topological polar surface area (TPSA) is 21.3 Å². The Morgan fingerprint density at radius 3 is 2.80 bits per heavy atom. The molecule has 0 aliphatic rings. The molecule has 1 N–H and O–H groups in total. The first-order valence-corrected chi connectivity index (χ1v) is 8.56. The van der Waals surface area contributed by atoms with Gasteiger partial charge in [0.1, 0.15) is 5.75 Å². The van der Waals surface area contributed by atoms with Crippen molar-refractivity contribution in [1.29, 1.82) is 0 Å². The third kappa shape index (κ3) is 4.08. The molecule has 0 fully saturated rings. The van der Waals surface area contributed by atoms with Crippen LogP contribution < -0.4 is 10.1 Å². The summed E-state index contributed by atoms with van der Waals surface area (Å²) < 4.78 is 6.31. The van der Waals surface area contributed by atoms with Crippen LogP contribution in [0.3, 0.4) is 0 Å². The Morgan fingerprint density at radius 2 is 2.20 bits per heavy atom. The number of rotatable bonds is 7. The van der Waals surface area contributed by atoms with Crippen LogP contribution in [0.5, 0.6) is 5.75 Å². The van der Waals surface area contributed by atoms with Crippen LogP contribution in [0.25, 0.3) is 0 Å². The van der Waals surface area contributed by atoms with Crippen molar-refractivity contribution < 1.29 is 4.74 Å². The third-order valence-corrected chi connectivity index (χ3v) is 4.59. The number of ether oxygens (including phenoxy) is 1. The Balaban J connectivity index is 2.18. The van der Waals surface area contributed by atoms with Crippen LogP contribution in [0, 0.1) is 0 Å². The Hall–Kier alpha value is -0.840. The summed E-state index contributed by atoms with van der Waals surface area (Å²) in [5, 5.41) is 7.99. The maximum absolute atomic E-state index is 5.30. The monoisotopic (exact) mass is 353 g/mol. The van der Waals surface area contributed by atoms with E-state index in [1.165, 1.54) is 11.1 Å². The van der Waals surface area contributed by atoms with Crippen molar-refractivity contribution in [3.8, 4) is 5.75 Å². The number of benzene rings is 1. The predicted octanol–water partition coefficient (Wildman–Crippen LogP) is 4.80. The highest BCUT2D eigenvalue weighted by molar-refractivity contribution is 9.10. The van der Waals surface area contributed by atoms with Gasteiger partial charge in [0.2, 0.25) is 0 Å². The first-order valence-electron chi connectivity index (χ1n) is 6.82. The maximum atomic E-state index is 5.30. The number of hydrogen-bond donors (Lipinski definition) is 1. The summed E-state index contributed by atoms with van der Waals surface area (Å²) in [7, 11) is 1.69. The van der Waals surface area contributed by atoms with Crippen LogP contribution in [0.4, 0.5) is 0 Å². The lowest BCUT2D eigenvalue weighted by Gasteiger charge is -2.19. The second-order valence-electron chi connectivity index (χ2n) is 4.74. The minimum absolute atomic E-state index is 0.340. The van der Waals surface area contributed by atoms with Crippen LogP contribution in [0.2, 0.25) is 0 Å². The highest BCUT2D eigenvalue weighted by Crippen LogP contribution is 2.29. The fourth-order valence-electron chi connectivity index (χ4n) is 2.17. The average Bonchev–Trinajstić information content (AvgIpc) is 2.96. The third-order valence-electron chi connectivity index (χ3n) is 3.24. The smallest absolute Gasteiger partial charge is 0.133 e. The molecule has 1 aromatic heterocycles. The van der Waals surface area contributed by atoms with Gasteiger partial charge in [0.15, 0.2) is 0 Å². The van der Waals surface area contributed by atoms with Crippen molar-refractivity contribution in [2.24, 2.45) is 0 Å². The SMILES string of the molecule is CCCNC(Cc1ccsc1)c1ccc(OC)c(Br)c1. The minimum atomic E-state index is 0.340. The number of nitrogens with one attached hydrogen (secondary N) is 1. The molecule has 1 atom stereocenters. The van der Waals surface area contributed by atoms with E-state index in [1.54, 1.807) is 18.4 Å². The molecule has 0 spiro atoms. The zero-order valence-electron chi connectivity index (χ0n) is 11.9. The van der Waals surface area contributed by atoms with E-state index in [9.17, 15) is 0 Å². The fraction of sp³-hybridized carbons (Fsp3) is 0.375. The quantitative estimate of drug-likeness (QED) is 0.771. The summed E-state index contributed by atoms with van der Waals surface area (Å²) in [5.74, 6) is 0.874. The molecule has 2 aromatic rings. The average molecular weight is 354 g/mol. The molecular formula is C16H20BrNOS. The molecule has 20 heavy (non-hydrogen) atoms. The summed E-state index contributed by atoms with van der Waals surface area (Å²) in [4.78, 5) is 0. The Kier molecular flexibility index (Phi) is 6.07. The van der Waals surface area contributed by atoms with Gasteiger partial charge in [-0.25, -0.2) is 0 Å². The van der Waals surface area contributed by atoms with Crippen molar-refractivity contribution in [3.05, 3.63) is 50.6 Å². The van der Waals surface area contributed by atoms with Crippen molar-refractivity contribution in [3.63, 3.8) is 0 Å². The molecule has 1 unspecified atom stereocenters. The van der Waals surface area contributed by atoms with Gasteiger partial charge < -0.3 is 10.1 Å². The molecule has 0 aliphatic heterocycles. The van der Waals surface area contributed by atoms with Crippen LogP contribution in [0.1, 0.15) is 30.5 Å². The number of hydrogen-bond acceptors (Lipinski definition) is 3. The second kappa shape index (κ2) is 7.81. The van der Waals surface area contributed by atoms with E-state index in [0.29, 0.717) is 6.04 Å². The fourth-order valence-corrected chi connectivity index (χ4v) is 3.41. The lowest BCUT2D eigenvalue weighted by atomic mass is 10.0. The van der Waals surface area contributed by atoms with Crippen molar-refractivity contribution in [2.45, 2.75) is 25.8 Å². The van der Waals surface area contributed by atoms with E-state index in [4.69, 9.17) is 4.74 Å². The number of thiophene rings is 1. The van der Waals surface area contributed by atoms with Gasteiger partial charge in [0.25, 0.3) is 0 Å². The minimum Gasteiger partial charge on any atom is -0.496 e. The van der Waals surface area contributed by atoms with Gasteiger partial charge in [-0.1, -0.05) is 13.0 Å². The van der Waals surface area contributed by atoms with Crippen LogP contribution >= 0.6 is 27.3 Å². The molecule has 108 valence electrons. The van der Waals surface area contributed by atoms with Crippen molar-refractivity contribution >= 4 is 27.3 Å². The molecule has 4 heteroatoms. The van der Waals surface area contributed by atoms with E-state index in [1.807, 2.05) is 6.07 Å². The first-order chi connectivity index (χ1) is 9.74. The van der Waals surface area contributed by atoms with Crippen LogP contribution in [-0.2, 0) is 6.42 Å². The highest BCUT2D eigenvalue weighted by atomic mass is 79.9. The highest BCUT2D eigenvalue weighted by Gasteiger charge is 2.13. The summed E-state index contributed by atoms with van der Waals surface area (Å²) in [5.41, 5.74) is 2.67. The summed E-state index contributed by atoms with van der Waals surface area (Å²) >= 11 is 5.32. The Labute approximate surface area is 133 Å². The van der Waals surface area contributed by atoms with Gasteiger partial charge in [0, 0.05) is 6.04 Å². The predicted molar refractivity (Wildman–Crippen MR) is 89.8 cm³/mol. The van der Waals surface area contributed by atoms with Gasteiger partial charge in [-0.05, 0) is 75.4 Å². The summed E-state index contributed by atoms with van der Waals surface area (Å²) in [6.07, 6.45) is 2.15. The largest absolute Gasteiger partial charge is 0.496 e. The second-order valence-corrected chi connectivity index (χ2v) is 6.37. The van der Waals surface area contributed by atoms with Crippen LogP contribution in [0.15, 0.2) is 39.5 Å². The molecule has 2 rings (SSSR count). The maximum Gasteiger partial charge on any atom is 0.133 e. The zero-order chi connectivity index (χ0) is 14.4.